The fourth-order valence-corrected chi connectivity index (χ4v) is 2.96. The first-order chi connectivity index (χ1) is 10.5. The molecule has 116 valence electrons. The summed E-state index contributed by atoms with van der Waals surface area (Å²) in [6.45, 7) is 3.25. The van der Waals surface area contributed by atoms with Gasteiger partial charge in [-0.25, -0.2) is 8.42 Å². The molecule has 0 aliphatic rings. The van der Waals surface area contributed by atoms with E-state index < -0.39 is 16.1 Å². The summed E-state index contributed by atoms with van der Waals surface area (Å²) in [6, 6.07) is 3.91. The van der Waals surface area contributed by atoms with Gasteiger partial charge in [-0.15, -0.1) is 0 Å². The van der Waals surface area contributed by atoms with Crippen molar-refractivity contribution in [1.29, 1.82) is 0 Å². The lowest BCUT2D eigenvalue weighted by molar-refractivity contribution is 0.349. The van der Waals surface area contributed by atoms with Gasteiger partial charge in [0.2, 0.25) is 11.0 Å². The van der Waals surface area contributed by atoms with Crippen LogP contribution >= 0.6 is 0 Å². The molecule has 0 unspecified atom stereocenters. The molecule has 3 rings (SSSR count). The maximum atomic E-state index is 12.3. The first-order valence-electron chi connectivity index (χ1n) is 6.38. The van der Waals surface area contributed by atoms with Crippen molar-refractivity contribution >= 4 is 10.0 Å². The van der Waals surface area contributed by atoms with E-state index in [4.69, 9.17) is 8.94 Å². The van der Waals surface area contributed by atoms with Crippen LogP contribution in [0.3, 0.4) is 0 Å². The minimum absolute atomic E-state index is 0.182. The second-order valence-corrected chi connectivity index (χ2v) is 6.26. The third kappa shape index (κ3) is 2.78. The first-order valence-corrected chi connectivity index (χ1v) is 7.86. The first kappa shape index (κ1) is 14.5. The van der Waals surface area contributed by atoms with Crippen molar-refractivity contribution in [3.8, 4) is 11.5 Å². The molecule has 9 nitrogen and oxygen atoms in total. The largest absolute Gasteiger partial charge is 0.442 e. The minimum Gasteiger partial charge on any atom is -0.442 e. The Morgan fingerprint density at radius 1 is 1.32 bits per heavy atom. The van der Waals surface area contributed by atoms with Gasteiger partial charge in [-0.3, -0.25) is 5.10 Å². The Morgan fingerprint density at radius 2 is 2.14 bits per heavy atom. The summed E-state index contributed by atoms with van der Waals surface area (Å²) in [5.41, 5.74) is 0.585. The molecule has 0 aliphatic carbocycles. The summed E-state index contributed by atoms with van der Waals surface area (Å²) < 4.78 is 37.3. The number of aryl methyl sites for hydroxylation is 1. The van der Waals surface area contributed by atoms with Gasteiger partial charge in [-0.05, 0) is 32.0 Å². The summed E-state index contributed by atoms with van der Waals surface area (Å²) in [5.74, 6) is 0.987. The van der Waals surface area contributed by atoms with E-state index in [0.717, 1.165) is 0 Å². The zero-order chi connectivity index (χ0) is 15.7. The quantitative estimate of drug-likeness (QED) is 0.726. The third-order valence-corrected chi connectivity index (χ3v) is 4.27. The molecule has 3 heterocycles. The lowest BCUT2D eigenvalue weighted by Crippen LogP contribution is -2.26. The van der Waals surface area contributed by atoms with Crippen molar-refractivity contribution in [3.05, 3.63) is 36.1 Å². The summed E-state index contributed by atoms with van der Waals surface area (Å²) in [7, 11) is -3.85. The predicted molar refractivity (Wildman–Crippen MR) is 74.1 cm³/mol. The molecule has 0 aromatic carbocycles. The van der Waals surface area contributed by atoms with Gasteiger partial charge in [0.25, 0.3) is 10.0 Å². The van der Waals surface area contributed by atoms with Crippen molar-refractivity contribution in [2.45, 2.75) is 25.0 Å². The van der Waals surface area contributed by atoms with Crippen LogP contribution in [0, 0.1) is 6.92 Å². The molecule has 22 heavy (non-hydrogen) atoms. The number of nitrogens with zero attached hydrogens (tertiary/aromatic N) is 3. The van der Waals surface area contributed by atoms with Crippen LogP contribution in [0.15, 0.2) is 38.4 Å². The van der Waals surface area contributed by atoms with Crippen molar-refractivity contribution in [2.75, 3.05) is 0 Å². The third-order valence-electron chi connectivity index (χ3n) is 2.86. The van der Waals surface area contributed by atoms with Crippen molar-refractivity contribution in [3.63, 3.8) is 0 Å². The number of aromatic amines is 1. The number of hydrogen-bond donors (Lipinski definition) is 2. The molecular formula is C12H13N5O4S. The van der Waals surface area contributed by atoms with Gasteiger partial charge in [0, 0.05) is 6.20 Å². The minimum atomic E-state index is -3.85. The Labute approximate surface area is 125 Å². The average Bonchev–Trinajstić information content (AvgIpc) is 3.19. The number of rotatable bonds is 5. The standard InChI is InChI=1S/C12H13N5O4S/c1-7(12-14-8(2)16-21-12)17-22(18,19)11-4-3-10(20-11)9-5-6-13-15-9/h3-7,17H,1-2H3,(H,13,15)/t7-/m1/s1. The zero-order valence-electron chi connectivity index (χ0n) is 11.8. The lowest BCUT2D eigenvalue weighted by Gasteiger charge is -2.08. The Morgan fingerprint density at radius 3 is 2.77 bits per heavy atom. The van der Waals surface area contributed by atoms with Crippen LogP contribution in [-0.4, -0.2) is 28.8 Å². The number of furan rings is 1. The van der Waals surface area contributed by atoms with Crippen LogP contribution in [0.4, 0.5) is 0 Å². The maximum Gasteiger partial charge on any atom is 0.274 e. The number of hydrogen-bond acceptors (Lipinski definition) is 7. The molecule has 0 radical (unpaired) electrons. The monoisotopic (exact) mass is 323 g/mol. The molecule has 0 bridgehead atoms. The van der Waals surface area contributed by atoms with Gasteiger partial charge in [-0.1, -0.05) is 5.16 Å². The van der Waals surface area contributed by atoms with E-state index in [9.17, 15) is 8.42 Å². The summed E-state index contributed by atoms with van der Waals surface area (Å²) in [5, 5.41) is 9.89. The molecule has 1 atom stereocenters. The molecule has 0 saturated heterocycles. The highest BCUT2D eigenvalue weighted by Gasteiger charge is 2.25. The smallest absolute Gasteiger partial charge is 0.274 e. The van der Waals surface area contributed by atoms with Crippen LogP contribution in [0.25, 0.3) is 11.5 Å². The summed E-state index contributed by atoms with van der Waals surface area (Å²) in [6.07, 6.45) is 1.55. The number of sulfonamides is 1. The Kier molecular flexibility index (Phi) is 3.54. The summed E-state index contributed by atoms with van der Waals surface area (Å²) in [4.78, 5) is 3.99. The van der Waals surface area contributed by atoms with Crippen molar-refractivity contribution in [2.24, 2.45) is 0 Å². The molecule has 10 heteroatoms. The van der Waals surface area contributed by atoms with Gasteiger partial charge in [-0.2, -0.15) is 14.8 Å². The van der Waals surface area contributed by atoms with Crippen LogP contribution in [-0.2, 0) is 10.0 Å². The Bertz CT molecular complexity index is 865. The highest BCUT2D eigenvalue weighted by atomic mass is 32.2. The highest BCUT2D eigenvalue weighted by molar-refractivity contribution is 7.89. The fraction of sp³-hybridized carbons (Fsp3) is 0.250. The van der Waals surface area contributed by atoms with E-state index in [-0.39, 0.29) is 11.0 Å². The van der Waals surface area contributed by atoms with Gasteiger partial charge >= 0.3 is 0 Å². The second kappa shape index (κ2) is 5.39. The van der Waals surface area contributed by atoms with E-state index in [2.05, 4.69) is 25.1 Å². The topological polar surface area (TPSA) is 127 Å². The molecule has 0 aliphatic heterocycles. The van der Waals surface area contributed by atoms with Gasteiger partial charge in [0.05, 0.1) is 6.04 Å². The van der Waals surface area contributed by atoms with Crippen LogP contribution < -0.4 is 4.72 Å². The predicted octanol–water partition coefficient (Wildman–Crippen LogP) is 1.40. The second-order valence-electron chi connectivity index (χ2n) is 4.61. The molecule has 0 saturated carbocycles. The molecular weight excluding hydrogens is 310 g/mol. The van der Waals surface area contributed by atoms with E-state index in [1.807, 2.05) is 0 Å². The van der Waals surface area contributed by atoms with Crippen molar-refractivity contribution in [1.82, 2.24) is 25.1 Å². The van der Waals surface area contributed by atoms with Crippen LogP contribution in [0.2, 0.25) is 0 Å². The van der Waals surface area contributed by atoms with Gasteiger partial charge in [0.15, 0.2) is 11.6 Å². The highest BCUT2D eigenvalue weighted by Crippen LogP contribution is 2.23. The van der Waals surface area contributed by atoms with E-state index in [0.29, 0.717) is 17.3 Å². The lowest BCUT2D eigenvalue weighted by atomic mass is 10.3. The van der Waals surface area contributed by atoms with Crippen LogP contribution in [0.1, 0.15) is 24.7 Å². The SMILES string of the molecule is Cc1noc([C@@H](C)NS(=O)(=O)c2ccc(-c3ccn[nH]3)o2)n1. The van der Waals surface area contributed by atoms with E-state index >= 15 is 0 Å². The zero-order valence-corrected chi connectivity index (χ0v) is 12.6. The van der Waals surface area contributed by atoms with E-state index in [1.54, 1.807) is 32.2 Å². The molecule has 0 fully saturated rings. The molecule has 3 aromatic heterocycles. The molecule has 0 spiro atoms. The molecule has 3 aromatic rings. The number of H-pyrrole nitrogens is 1. The average molecular weight is 323 g/mol. The molecule has 2 N–H and O–H groups in total. The molecule has 0 amide bonds. The fourth-order valence-electron chi connectivity index (χ4n) is 1.83. The number of nitrogens with one attached hydrogen (secondary N) is 2. The van der Waals surface area contributed by atoms with Gasteiger partial charge < -0.3 is 8.94 Å². The van der Waals surface area contributed by atoms with E-state index in [1.165, 1.54) is 6.07 Å². The normalized spacial score (nSPS) is 13.4. The van der Waals surface area contributed by atoms with Crippen LogP contribution in [0.5, 0.6) is 0 Å². The Hall–Kier alpha value is -2.46. The Balaban J connectivity index is 1.81. The number of aromatic nitrogens is 4. The maximum absolute atomic E-state index is 12.3. The van der Waals surface area contributed by atoms with Crippen molar-refractivity contribution < 1.29 is 17.4 Å². The van der Waals surface area contributed by atoms with Gasteiger partial charge in [0.1, 0.15) is 5.69 Å². The summed E-state index contributed by atoms with van der Waals surface area (Å²) >= 11 is 0.